The third kappa shape index (κ3) is 5.12. The molecule has 1 heterocycles. The van der Waals surface area contributed by atoms with Crippen LogP contribution < -0.4 is 5.32 Å². The van der Waals surface area contributed by atoms with Crippen LogP contribution in [0.25, 0.3) is 10.8 Å². The van der Waals surface area contributed by atoms with E-state index >= 15 is 0 Å². The summed E-state index contributed by atoms with van der Waals surface area (Å²) in [5.41, 5.74) is -0.638. The fourth-order valence-electron chi connectivity index (χ4n) is 4.84. The van der Waals surface area contributed by atoms with Gasteiger partial charge in [-0.1, -0.05) is 42.5 Å². The molecule has 1 aliphatic rings. The average Bonchev–Trinajstić information content (AvgIpc) is 3.12. The zero-order valence-electron chi connectivity index (χ0n) is 20.6. The summed E-state index contributed by atoms with van der Waals surface area (Å²) >= 11 is 6.38. The SMILES string of the molecule is Cc1cc(O)c(C)c(C(=O)NC2C(Cl)CN(C(=O)CCCc3ccc4ccccc4c3)[C@]2(O)C(=O)O)c1. The molecule has 9 heteroatoms. The number of carboxylic acid groups (broad SMARTS) is 1. The molecular formula is C28H29ClN2O6. The van der Waals surface area contributed by atoms with E-state index in [9.17, 15) is 29.7 Å². The zero-order valence-corrected chi connectivity index (χ0v) is 21.3. The van der Waals surface area contributed by atoms with Gasteiger partial charge in [0, 0.05) is 24.1 Å². The van der Waals surface area contributed by atoms with E-state index in [1.54, 1.807) is 13.8 Å². The Kier molecular flexibility index (Phi) is 7.43. The Morgan fingerprint density at radius 2 is 1.78 bits per heavy atom. The highest BCUT2D eigenvalue weighted by molar-refractivity contribution is 6.22. The molecule has 3 atom stereocenters. The number of aliphatic carboxylic acids is 1. The standard InChI is InChI=1S/C28H29ClN2O6/c1-16-12-21(17(2)23(32)13-16)26(34)30-25-22(29)15-31(28(25,37)27(35)36)24(33)9-5-6-18-10-11-19-7-3-4-8-20(19)14-18/h3-4,7-8,10-14,22,25,32,37H,5-6,9,15H2,1-2H3,(H,30,34)(H,35,36)/t22?,25?,28-/m1/s1. The number of aromatic hydroxyl groups is 1. The van der Waals surface area contributed by atoms with Crippen molar-refractivity contribution in [3.8, 4) is 5.75 Å². The molecule has 8 nitrogen and oxygen atoms in total. The van der Waals surface area contributed by atoms with Gasteiger partial charge in [0.15, 0.2) is 0 Å². The second kappa shape index (κ2) is 10.4. The lowest BCUT2D eigenvalue weighted by atomic mass is 10.0. The first-order valence-electron chi connectivity index (χ1n) is 12.0. The lowest BCUT2D eigenvalue weighted by Gasteiger charge is -2.34. The largest absolute Gasteiger partial charge is 0.508 e. The molecule has 4 rings (SSSR count). The third-order valence-electron chi connectivity index (χ3n) is 6.91. The van der Waals surface area contributed by atoms with Crippen LogP contribution in [0.15, 0.2) is 54.6 Å². The van der Waals surface area contributed by atoms with Crippen LogP contribution in [-0.2, 0) is 16.0 Å². The van der Waals surface area contributed by atoms with E-state index in [4.69, 9.17) is 11.6 Å². The van der Waals surface area contributed by atoms with Gasteiger partial charge in [0.1, 0.15) is 11.8 Å². The van der Waals surface area contributed by atoms with Crippen molar-refractivity contribution >= 4 is 40.2 Å². The second-order valence-electron chi connectivity index (χ2n) is 9.49. The molecule has 3 aromatic rings. The smallest absolute Gasteiger partial charge is 0.359 e. The number of phenolic OH excluding ortho intramolecular Hbond substituents is 1. The first kappa shape index (κ1) is 26.4. The molecule has 0 bridgehead atoms. The molecular weight excluding hydrogens is 496 g/mol. The fourth-order valence-corrected chi connectivity index (χ4v) is 5.21. The summed E-state index contributed by atoms with van der Waals surface area (Å²) in [4.78, 5) is 39.1. The first-order valence-corrected chi connectivity index (χ1v) is 12.4. The molecule has 1 fully saturated rings. The van der Waals surface area contributed by atoms with Crippen molar-refractivity contribution in [3.05, 3.63) is 76.9 Å². The predicted octanol–water partition coefficient (Wildman–Crippen LogP) is 3.51. The number of hydrogen-bond acceptors (Lipinski definition) is 5. The number of amides is 2. The molecule has 1 saturated heterocycles. The predicted molar refractivity (Wildman–Crippen MR) is 140 cm³/mol. The number of alkyl halides is 1. The Hall–Kier alpha value is -3.62. The van der Waals surface area contributed by atoms with E-state index in [0.717, 1.165) is 21.2 Å². The Balaban J connectivity index is 1.47. The van der Waals surface area contributed by atoms with Crippen LogP contribution in [-0.4, -0.2) is 61.7 Å². The van der Waals surface area contributed by atoms with Gasteiger partial charge in [-0.3, -0.25) is 9.59 Å². The number of likely N-dealkylation sites (tertiary alicyclic amines) is 1. The van der Waals surface area contributed by atoms with Gasteiger partial charge >= 0.3 is 5.97 Å². The summed E-state index contributed by atoms with van der Waals surface area (Å²) in [6.07, 6.45) is 1.03. The fraction of sp³-hybridized carbons (Fsp3) is 0.321. The lowest BCUT2D eigenvalue weighted by molar-refractivity contribution is -0.185. The third-order valence-corrected chi connectivity index (χ3v) is 7.30. The molecule has 0 aromatic heterocycles. The minimum absolute atomic E-state index is 0.00243. The highest BCUT2D eigenvalue weighted by atomic mass is 35.5. The highest BCUT2D eigenvalue weighted by Gasteiger charge is 2.60. The molecule has 0 saturated carbocycles. The van der Waals surface area contributed by atoms with Gasteiger partial charge in [-0.15, -0.1) is 11.6 Å². The van der Waals surface area contributed by atoms with E-state index in [1.807, 2.05) is 36.4 Å². The number of aliphatic hydroxyl groups is 1. The second-order valence-corrected chi connectivity index (χ2v) is 10.1. The number of benzene rings is 3. The maximum Gasteiger partial charge on any atom is 0.359 e. The molecule has 2 amide bonds. The summed E-state index contributed by atoms with van der Waals surface area (Å²) in [6.45, 7) is 3.00. The summed E-state index contributed by atoms with van der Waals surface area (Å²) in [7, 11) is 0. The van der Waals surface area contributed by atoms with Gasteiger partial charge in [0.2, 0.25) is 5.91 Å². The highest BCUT2D eigenvalue weighted by Crippen LogP contribution is 2.33. The molecule has 2 unspecified atom stereocenters. The van der Waals surface area contributed by atoms with Gasteiger partial charge in [-0.2, -0.15) is 0 Å². The van der Waals surface area contributed by atoms with Gasteiger partial charge in [-0.25, -0.2) is 4.79 Å². The van der Waals surface area contributed by atoms with E-state index < -0.39 is 34.9 Å². The average molecular weight is 525 g/mol. The molecule has 194 valence electrons. The number of nitrogens with zero attached hydrogens (tertiary/aromatic N) is 1. The summed E-state index contributed by atoms with van der Waals surface area (Å²) in [5.74, 6) is -3.06. The van der Waals surface area contributed by atoms with Crippen molar-refractivity contribution in [1.82, 2.24) is 10.2 Å². The van der Waals surface area contributed by atoms with Gasteiger partial charge in [0.25, 0.3) is 11.6 Å². The monoisotopic (exact) mass is 524 g/mol. The minimum atomic E-state index is -2.72. The number of carbonyl (C=O) groups is 3. The van der Waals surface area contributed by atoms with Crippen LogP contribution in [0.4, 0.5) is 0 Å². The van der Waals surface area contributed by atoms with E-state index in [0.29, 0.717) is 24.0 Å². The number of fused-ring (bicyclic) bond motifs is 1. The van der Waals surface area contributed by atoms with Gasteiger partial charge in [-0.05, 0) is 60.7 Å². The zero-order chi connectivity index (χ0) is 26.9. The number of phenols is 1. The maximum atomic E-state index is 13.1. The lowest BCUT2D eigenvalue weighted by Crippen LogP contribution is -2.63. The van der Waals surface area contributed by atoms with E-state index in [-0.39, 0.29) is 24.3 Å². The molecule has 3 aromatic carbocycles. The number of carboxylic acids is 1. The molecule has 0 radical (unpaired) electrons. The Morgan fingerprint density at radius 1 is 1.08 bits per heavy atom. The summed E-state index contributed by atoms with van der Waals surface area (Å²) in [6, 6.07) is 15.6. The Morgan fingerprint density at radius 3 is 2.49 bits per heavy atom. The van der Waals surface area contributed by atoms with Crippen LogP contribution in [0.5, 0.6) is 5.75 Å². The topological polar surface area (TPSA) is 127 Å². The summed E-state index contributed by atoms with van der Waals surface area (Å²) in [5, 5.41) is 34.8. The molecule has 1 aliphatic heterocycles. The molecule has 37 heavy (non-hydrogen) atoms. The van der Waals surface area contributed by atoms with Crippen molar-refractivity contribution in [2.75, 3.05) is 6.54 Å². The Labute approximate surface area is 219 Å². The molecule has 0 aliphatic carbocycles. The molecule has 4 N–H and O–H groups in total. The van der Waals surface area contributed by atoms with Gasteiger partial charge in [0.05, 0.1) is 5.38 Å². The van der Waals surface area contributed by atoms with E-state index in [2.05, 4.69) is 11.4 Å². The van der Waals surface area contributed by atoms with Crippen LogP contribution in [0.3, 0.4) is 0 Å². The van der Waals surface area contributed by atoms with Crippen molar-refractivity contribution in [3.63, 3.8) is 0 Å². The number of hydrogen-bond donors (Lipinski definition) is 4. The summed E-state index contributed by atoms with van der Waals surface area (Å²) < 4.78 is 0. The number of aryl methyl sites for hydroxylation is 2. The van der Waals surface area contributed by atoms with E-state index in [1.165, 1.54) is 12.1 Å². The Bertz CT molecular complexity index is 1380. The minimum Gasteiger partial charge on any atom is -0.508 e. The quantitative estimate of drug-likeness (QED) is 0.350. The van der Waals surface area contributed by atoms with Gasteiger partial charge < -0.3 is 25.5 Å². The van der Waals surface area contributed by atoms with Crippen molar-refractivity contribution in [1.29, 1.82) is 0 Å². The molecule has 0 spiro atoms. The van der Waals surface area contributed by atoms with Crippen molar-refractivity contribution in [2.24, 2.45) is 0 Å². The van der Waals surface area contributed by atoms with Crippen LogP contribution in [0, 0.1) is 13.8 Å². The van der Waals surface area contributed by atoms with Crippen molar-refractivity contribution in [2.45, 2.75) is 50.3 Å². The first-order chi connectivity index (χ1) is 17.5. The number of halogens is 1. The van der Waals surface area contributed by atoms with Crippen LogP contribution in [0.1, 0.15) is 39.9 Å². The number of carbonyl (C=O) groups excluding carboxylic acids is 2. The normalized spacial score (nSPS) is 21.2. The maximum absolute atomic E-state index is 13.1. The van der Waals surface area contributed by atoms with Crippen molar-refractivity contribution < 1.29 is 29.7 Å². The van der Waals surface area contributed by atoms with Crippen LogP contribution in [0.2, 0.25) is 0 Å². The van der Waals surface area contributed by atoms with Crippen LogP contribution >= 0.6 is 11.6 Å². The number of nitrogens with one attached hydrogen (secondary N) is 1. The number of rotatable bonds is 7.